The van der Waals surface area contributed by atoms with Crippen LogP contribution >= 0.6 is 0 Å². The van der Waals surface area contributed by atoms with Crippen molar-refractivity contribution in [2.45, 2.75) is 94.3 Å². The maximum atomic E-state index is 14.5. The molecule has 14 heteroatoms. The normalized spacial score (nSPS) is 26.6. The Hall–Kier alpha value is -5.05. The molecule has 2 saturated heterocycles. The van der Waals surface area contributed by atoms with Crippen LogP contribution < -0.4 is 15.4 Å². The highest BCUT2D eigenvalue weighted by Crippen LogP contribution is 2.48. The van der Waals surface area contributed by atoms with Gasteiger partial charge in [-0.25, -0.2) is 4.39 Å². The van der Waals surface area contributed by atoms with Crippen LogP contribution in [0.5, 0.6) is 6.01 Å². The molecule has 1 spiro atoms. The number of nitrogens with two attached hydrogens (primary N) is 1. The lowest BCUT2D eigenvalue weighted by atomic mass is 9.72. The largest absolute Gasteiger partial charge is 0.432 e. The van der Waals surface area contributed by atoms with Gasteiger partial charge in [-0.2, -0.15) is 25.6 Å². The fourth-order valence-corrected chi connectivity index (χ4v) is 9.16. The number of hydrogen-bond acceptors (Lipinski definition) is 11. The van der Waals surface area contributed by atoms with Gasteiger partial charge in [0.1, 0.15) is 23.7 Å². The summed E-state index contributed by atoms with van der Waals surface area (Å²) in [7, 11) is 3.37. The smallest absolute Gasteiger partial charge is 0.323 e. The molecule has 0 saturated carbocycles. The van der Waals surface area contributed by atoms with Crippen LogP contribution in [-0.4, -0.2) is 80.9 Å². The van der Waals surface area contributed by atoms with Crippen LogP contribution in [0.1, 0.15) is 95.1 Å². The maximum Gasteiger partial charge on any atom is 0.323 e. The molecule has 52 heavy (non-hydrogen) atoms. The van der Waals surface area contributed by atoms with Gasteiger partial charge >= 0.3 is 6.01 Å². The Balaban J connectivity index is 1.20. The van der Waals surface area contributed by atoms with Gasteiger partial charge in [-0.3, -0.25) is 14.4 Å². The topological polar surface area (TPSA) is 162 Å². The summed E-state index contributed by atoms with van der Waals surface area (Å²) in [5.74, 6) is 0.429. The molecule has 2 N–H and O–H groups in total. The number of fused-ring (bicyclic) bond motifs is 5. The van der Waals surface area contributed by atoms with Gasteiger partial charge in [0.05, 0.1) is 54.9 Å². The molecule has 1 amide bonds. The van der Waals surface area contributed by atoms with Crippen LogP contribution in [-0.2, 0) is 36.3 Å². The van der Waals surface area contributed by atoms with Crippen LogP contribution in [0.25, 0.3) is 0 Å². The first-order chi connectivity index (χ1) is 25.1. The molecule has 4 atom stereocenters. The van der Waals surface area contributed by atoms with Crippen LogP contribution in [0.15, 0.2) is 30.5 Å². The summed E-state index contributed by atoms with van der Waals surface area (Å²) in [5.41, 5.74) is 10.7. The number of hydrogen-bond donors (Lipinski definition) is 1. The van der Waals surface area contributed by atoms with Gasteiger partial charge in [-0.15, -0.1) is 0 Å². The Morgan fingerprint density at radius 3 is 2.90 bits per heavy atom. The predicted octanol–water partition coefficient (Wildman–Crippen LogP) is 4.47. The number of nitrogen functional groups attached to an aromatic ring is 1. The minimum Gasteiger partial charge on any atom is -0.432 e. The summed E-state index contributed by atoms with van der Waals surface area (Å²) in [4.78, 5) is 28.7. The Labute approximate surface area is 302 Å². The zero-order valence-corrected chi connectivity index (χ0v) is 29.6. The second-order valence-corrected chi connectivity index (χ2v) is 15.0. The molecule has 8 rings (SSSR count). The van der Waals surface area contributed by atoms with E-state index in [0.717, 1.165) is 60.3 Å². The summed E-state index contributed by atoms with van der Waals surface area (Å²) in [5, 5.41) is 24.6. The number of nitriles is 2. The number of aryl methyl sites for hydroxylation is 1. The molecule has 0 unspecified atom stereocenters. The molecule has 270 valence electrons. The summed E-state index contributed by atoms with van der Waals surface area (Å²) >= 11 is 0. The van der Waals surface area contributed by atoms with E-state index < -0.39 is 11.8 Å². The summed E-state index contributed by atoms with van der Waals surface area (Å²) < 4.78 is 29.4. The van der Waals surface area contributed by atoms with Crippen molar-refractivity contribution in [2.24, 2.45) is 0 Å². The van der Waals surface area contributed by atoms with Crippen LogP contribution in [0.2, 0.25) is 0 Å². The van der Waals surface area contributed by atoms with E-state index in [0.29, 0.717) is 68.1 Å². The van der Waals surface area contributed by atoms with E-state index in [9.17, 15) is 19.7 Å². The van der Waals surface area contributed by atoms with Crippen LogP contribution in [0.4, 0.5) is 15.9 Å². The standard InChI is InChI=1S/C38H43FN10O3/c1-46(2)35(50)31-17-27-22-47(15-9-26(8-13-40)49(27)45-31)34-29-23-52-38(11-3-5-24-6-7-30(42)28(20-41)33(24)38)19-32(29)43-36(44-34)51-16-12-37-10-4-14-48(37)21-25(39)18-37/h6-7,12,16-17,25-26H,3-5,8-11,14-15,18-19,21-23,42H2,1-2H3/b16-12+/t25-,26-,37+,38+/m1/s1. The number of amides is 1. The Bertz CT molecular complexity index is 2030. The van der Waals surface area contributed by atoms with Gasteiger partial charge in [-0.05, 0) is 68.8 Å². The SMILES string of the molecule is CN(C)C(=O)c1cc2n(n1)[C@H](CC#N)CCN(c1nc(O/C=C/[C@]34CCCN3C[C@H](F)C4)nc3c1CO[C@@]1(CCCc4ccc(N)c(C#N)c41)C3)C2. The average Bonchev–Trinajstić information content (AvgIpc) is 3.77. The number of aromatic nitrogens is 4. The van der Waals surface area contributed by atoms with E-state index in [4.69, 9.17) is 25.2 Å². The first kappa shape index (κ1) is 34.1. The van der Waals surface area contributed by atoms with E-state index >= 15 is 0 Å². The number of alkyl halides is 1. The maximum absolute atomic E-state index is 14.5. The highest BCUT2D eigenvalue weighted by molar-refractivity contribution is 5.92. The minimum atomic E-state index is -0.867. The third kappa shape index (κ3) is 5.74. The van der Waals surface area contributed by atoms with E-state index in [1.165, 1.54) is 4.90 Å². The molecule has 2 aromatic heterocycles. The predicted molar refractivity (Wildman–Crippen MR) is 189 cm³/mol. The number of anilines is 2. The van der Waals surface area contributed by atoms with Crippen LogP contribution in [0, 0.1) is 22.7 Å². The molecular weight excluding hydrogens is 663 g/mol. The number of nitrogens with zero attached hydrogens (tertiary/aromatic N) is 9. The monoisotopic (exact) mass is 706 g/mol. The first-order valence-electron chi connectivity index (χ1n) is 18.1. The summed E-state index contributed by atoms with van der Waals surface area (Å²) in [6.45, 7) is 2.45. The zero-order valence-electron chi connectivity index (χ0n) is 29.6. The van der Waals surface area contributed by atoms with Crippen molar-refractivity contribution in [2.75, 3.05) is 44.4 Å². The molecular formula is C38H43FN10O3. The number of carbonyl (C=O) groups excluding carboxylic acids is 1. The highest BCUT2D eigenvalue weighted by Gasteiger charge is 2.48. The van der Waals surface area contributed by atoms with Crippen molar-refractivity contribution >= 4 is 17.4 Å². The summed E-state index contributed by atoms with van der Waals surface area (Å²) in [6, 6.07) is 10.2. The second-order valence-electron chi connectivity index (χ2n) is 15.0. The van der Waals surface area contributed by atoms with Gasteiger partial charge in [0.15, 0.2) is 5.69 Å². The van der Waals surface area contributed by atoms with Gasteiger partial charge in [-0.1, -0.05) is 6.07 Å². The first-order valence-corrected chi connectivity index (χ1v) is 18.1. The van der Waals surface area contributed by atoms with Crippen molar-refractivity contribution in [3.63, 3.8) is 0 Å². The molecule has 0 bridgehead atoms. The average molecular weight is 707 g/mol. The lowest BCUT2D eigenvalue weighted by Crippen LogP contribution is -2.41. The molecule has 1 aromatic carbocycles. The second kappa shape index (κ2) is 13.2. The molecule has 5 aliphatic rings. The van der Waals surface area contributed by atoms with E-state index in [1.54, 1.807) is 32.5 Å². The Kier molecular flexibility index (Phi) is 8.63. The fraction of sp³-hybridized carbons (Fsp3) is 0.526. The van der Waals surface area contributed by atoms with Gasteiger partial charge in [0.25, 0.3) is 5.91 Å². The molecule has 6 heterocycles. The Morgan fingerprint density at radius 2 is 2.10 bits per heavy atom. The van der Waals surface area contributed by atoms with E-state index in [-0.39, 0.29) is 36.5 Å². The van der Waals surface area contributed by atoms with E-state index in [2.05, 4.69) is 27.0 Å². The van der Waals surface area contributed by atoms with Crippen molar-refractivity contribution < 1.29 is 18.7 Å². The number of benzene rings is 1. The highest BCUT2D eigenvalue weighted by atomic mass is 19.1. The number of halogens is 1. The molecule has 4 aliphatic heterocycles. The fourth-order valence-electron chi connectivity index (χ4n) is 9.16. The molecule has 3 aromatic rings. The Morgan fingerprint density at radius 1 is 1.23 bits per heavy atom. The van der Waals surface area contributed by atoms with Crippen LogP contribution in [0.3, 0.4) is 0 Å². The lowest BCUT2D eigenvalue weighted by molar-refractivity contribution is -0.0856. The number of ether oxygens (including phenoxy) is 2. The number of rotatable bonds is 6. The molecule has 13 nitrogen and oxygen atoms in total. The van der Waals surface area contributed by atoms with Crippen molar-refractivity contribution in [3.8, 4) is 18.1 Å². The van der Waals surface area contributed by atoms with Gasteiger partial charge in [0, 0.05) is 62.4 Å². The van der Waals surface area contributed by atoms with E-state index in [1.807, 2.05) is 16.8 Å². The van der Waals surface area contributed by atoms with Crippen molar-refractivity contribution in [3.05, 3.63) is 69.9 Å². The minimum absolute atomic E-state index is 0.164. The summed E-state index contributed by atoms with van der Waals surface area (Å²) in [6.07, 6.45) is 8.69. The number of carbonyl (C=O) groups is 1. The molecule has 1 aliphatic carbocycles. The van der Waals surface area contributed by atoms with Crippen molar-refractivity contribution in [1.29, 1.82) is 10.5 Å². The van der Waals surface area contributed by atoms with Crippen molar-refractivity contribution in [1.82, 2.24) is 29.5 Å². The third-order valence-electron chi connectivity index (χ3n) is 11.6. The lowest BCUT2D eigenvalue weighted by Gasteiger charge is -2.43. The molecule has 0 radical (unpaired) electrons. The third-order valence-corrected chi connectivity index (χ3v) is 11.6. The quantitative estimate of drug-likeness (QED) is 0.284. The zero-order chi connectivity index (χ0) is 36.2. The molecule has 2 fully saturated rings. The van der Waals surface area contributed by atoms with Gasteiger partial charge in [0.2, 0.25) is 0 Å². The van der Waals surface area contributed by atoms with Gasteiger partial charge < -0.3 is 25.0 Å².